The van der Waals surface area contributed by atoms with E-state index in [0.29, 0.717) is 35.8 Å². The van der Waals surface area contributed by atoms with Gasteiger partial charge in [-0.1, -0.05) is 17.7 Å². The molecule has 0 spiro atoms. The maximum absolute atomic E-state index is 12.4. The number of methoxy groups -OCH3 is 1. The second-order valence-electron chi connectivity index (χ2n) is 5.40. The third-order valence-corrected chi connectivity index (χ3v) is 3.99. The van der Waals surface area contributed by atoms with E-state index in [-0.39, 0.29) is 17.5 Å². The monoisotopic (exact) mass is 361 g/mol. The first-order valence-corrected chi connectivity index (χ1v) is 8.20. The van der Waals surface area contributed by atoms with E-state index in [1.54, 1.807) is 31.4 Å². The van der Waals surface area contributed by atoms with Gasteiger partial charge in [-0.25, -0.2) is 0 Å². The number of hydrogen-bond acceptors (Lipinski definition) is 4. The van der Waals surface area contributed by atoms with Crippen LogP contribution in [0.5, 0.6) is 0 Å². The SMILES string of the molecule is COCCCNC(=O)c1cc(C(=O)Nc2cccc(Cl)c2C)ccn1. The number of amides is 2. The van der Waals surface area contributed by atoms with Crippen LogP contribution >= 0.6 is 11.6 Å². The summed E-state index contributed by atoms with van der Waals surface area (Å²) in [6.07, 6.45) is 2.14. The second kappa shape index (κ2) is 9.15. The minimum atomic E-state index is -0.332. The van der Waals surface area contributed by atoms with E-state index in [1.165, 1.54) is 12.3 Å². The van der Waals surface area contributed by atoms with Crippen LogP contribution in [-0.2, 0) is 4.74 Å². The number of anilines is 1. The number of carbonyl (C=O) groups excluding carboxylic acids is 2. The summed E-state index contributed by atoms with van der Waals surface area (Å²) in [6, 6.07) is 8.29. The molecule has 0 aliphatic heterocycles. The number of nitrogens with zero attached hydrogens (tertiary/aromatic N) is 1. The molecule has 7 heteroatoms. The Labute approximate surface area is 151 Å². The van der Waals surface area contributed by atoms with Crippen molar-refractivity contribution in [3.8, 4) is 0 Å². The van der Waals surface area contributed by atoms with Crippen LogP contribution in [0.3, 0.4) is 0 Å². The van der Waals surface area contributed by atoms with E-state index in [4.69, 9.17) is 16.3 Å². The molecule has 1 aromatic carbocycles. The van der Waals surface area contributed by atoms with Crippen molar-refractivity contribution in [3.63, 3.8) is 0 Å². The number of carbonyl (C=O) groups is 2. The molecule has 0 unspecified atom stereocenters. The highest BCUT2D eigenvalue weighted by molar-refractivity contribution is 6.31. The molecular formula is C18H20ClN3O3. The molecule has 0 radical (unpaired) electrons. The van der Waals surface area contributed by atoms with Gasteiger partial charge in [0.15, 0.2) is 0 Å². The van der Waals surface area contributed by atoms with Crippen LogP contribution in [0.1, 0.15) is 32.8 Å². The van der Waals surface area contributed by atoms with E-state index in [9.17, 15) is 9.59 Å². The van der Waals surface area contributed by atoms with Crippen LogP contribution < -0.4 is 10.6 Å². The quantitative estimate of drug-likeness (QED) is 0.743. The van der Waals surface area contributed by atoms with Crippen molar-refractivity contribution in [1.82, 2.24) is 10.3 Å². The molecule has 6 nitrogen and oxygen atoms in total. The maximum Gasteiger partial charge on any atom is 0.269 e. The zero-order chi connectivity index (χ0) is 18.2. The third-order valence-electron chi connectivity index (χ3n) is 3.58. The van der Waals surface area contributed by atoms with E-state index in [2.05, 4.69) is 15.6 Å². The molecule has 132 valence electrons. The topological polar surface area (TPSA) is 80.3 Å². The highest BCUT2D eigenvalue weighted by Gasteiger charge is 2.13. The molecule has 0 aliphatic rings. The molecule has 0 bridgehead atoms. The zero-order valence-electron chi connectivity index (χ0n) is 14.1. The summed E-state index contributed by atoms with van der Waals surface area (Å²) in [7, 11) is 1.60. The molecule has 0 fully saturated rings. The van der Waals surface area contributed by atoms with Crippen molar-refractivity contribution in [2.45, 2.75) is 13.3 Å². The van der Waals surface area contributed by atoms with E-state index >= 15 is 0 Å². The summed E-state index contributed by atoms with van der Waals surface area (Å²) in [5, 5.41) is 6.10. The van der Waals surface area contributed by atoms with Gasteiger partial charge in [-0.3, -0.25) is 14.6 Å². The molecule has 1 heterocycles. The Balaban J connectivity index is 2.06. The molecule has 0 saturated carbocycles. The Morgan fingerprint density at radius 2 is 2.04 bits per heavy atom. The van der Waals surface area contributed by atoms with Crippen LogP contribution in [-0.4, -0.2) is 37.1 Å². The van der Waals surface area contributed by atoms with Crippen LogP contribution in [0.25, 0.3) is 0 Å². The first-order chi connectivity index (χ1) is 12.0. The summed E-state index contributed by atoms with van der Waals surface area (Å²) in [5.74, 6) is -0.661. The van der Waals surface area contributed by atoms with Gasteiger partial charge in [0, 0.05) is 42.7 Å². The normalized spacial score (nSPS) is 10.4. The Morgan fingerprint density at radius 1 is 1.24 bits per heavy atom. The summed E-state index contributed by atoms with van der Waals surface area (Å²) < 4.78 is 4.93. The van der Waals surface area contributed by atoms with E-state index < -0.39 is 0 Å². The fraction of sp³-hybridized carbons (Fsp3) is 0.278. The average molecular weight is 362 g/mol. The van der Waals surface area contributed by atoms with E-state index in [0.717, 1.165) is 5.56 Å². The van der Waals surface area contributed by atoms with Crippen molar-refractivity contribution in [3.05, 3.63) is 58.4 Å². The first kappa shape index (κ1) is 18.9. The largest absolute Gasteiger partial charge is 0.385 e. The first-order valence-electron chi connectivity index (χ1n) is 7.82. The standard InChI is InChI=1S/C18H20ClN3O3/c1-12-14(19)5-3-6-15(12)22-17(23)13-7-9-20-16(11-13)18(24)21-8-4-10-25-2/h3,5-7,9,11H,4,8,10H2,1-2H3,(H,21,24)(H,22,23). The van der Waals surface area contributed by atoms with Crippen LogP contribution in [0.2, 0.25) is 5.02 Å². The van der Waals surface area contributed by atoms with Crippen molar-refractivity contribution in [2.24, 2.45) is 0 Å². The molecule has 2 amide bonds. The Bertz CT molecular complexity index is 765. The lowest BCUT2D eigenvalue weighted by Gasteiger charge is -2.10. The zero-order valence-corrected chi connectivity index (χ0v) is 14.9. The van der Waals surface area contributed by atoms with Gasteiger partial charge in [0.1, 0.15) is 5.69 Å². The van der Waals surface area contributed by atoms with E-state index in [1.807, 2.05) is 6.92 Å². The fourth-order valence-corrected chi connectivity index (χ4v) is 2.32. The van der Waals surface area contributed by atoms with Crippen LogP contribution in [0, 0.1) is 6.92 Å². The number of rotatable bonds is 7. The predicted molar refractivity (Wildman–Crippen MR) is 97.2 cm³/mol. The molecule has 2 N–H and O–H groups in total. The molecule has 1 aromatic heterocycles. The van der Waals surface area contributed by atoms with Crippen LogP contribution in [0.15, 0.2) is 36.5 Å². The van der Waals surface area contributed by atoms with Gasteiger partial charge in [0.05, 0.1) is 0 Å². The number of nitrogens with one attached hydrogen (secondary N) is 2. The number of aromatic nitrogens is 1. The molecule has 0 aliphatic carbocycles. The number of hydrogen-bond donors (Lipinski definition) is 2. The van der Waals surface area contributed by atoms with Gasteiger partial charge in [-0.2, -0.15) is 0 Å². The summed E-state index contributed by atoms with van der Waals surface area (Å²) >= 11 is 6.06. The predicted octanol–water partition coefficient (Wildman–Crippen LogP) is 3.06. The van der Waals surface area contributed by atoms with Gasteiger partial charge < -0.3 is 15.4 Å². The Kier molecular flexibility index (Phi) is 6.91. The molecule has 0 saturated heterocycles. The van der Waals surface area contributed by atoms with Crippen molar-refractivity contribution in [2.75, 3.05) is 25.6 Å². The second-order valence-corrected chi connectivity index (χ2v) is 5.81. The Hall–Kier alpha value is -2.44. The minimum absolute atomic E-state index is 0.188. The summed E-state index contributed by atoms with van der Waals surface area (Å²) in [5.41, 5.74) is 1.94. The lowest BCUT2D eigenvalue weighted by Crippen LogP contribution is -2.26. The molecule has 2 aromatic rings. The van der Waals surface area contributed by atoms with Gasteiger partial charge in [0.2, 0.25) is 0 Å². The van der Waals surface area contributed by atoms with Crippen molar-refractivity contribution in [1.29, 1.82) is 0 Å². The Morgan fingerprint density at radius 3 is 2.80 bits per heavy atom. The van der Waals surface area contributed by atoms with Crippen molar-refractivity contribution < 1.29 is 14.3 Å². The van der Waals surface area contributed by atoms with Gasteiger partial charge in [-0.05, 0) is 43.2 Å². The minimum Gasteiger partial charge on any atom is -0.385 e. The summed E-state index contributed by atoms with van der Waals surface area (Å²) in [4.78, 5) is 28.5. The summed E-state index contributed by atoms with van der Waals surface area (Å²) in [6.45, 7) is 2.87. The average Bonchev–Trinajstić information content (AvgIpc) is 2.62. The maximum atomic E-state index is 12.4. The highest BCUT2D eigenvalue weighted by Crippen LogP contribution is 2.23. The van der Waals surface area contributed by atoms with Gasteiger partial charge >= 0.3 is 0 Å². The van der Waals surface area contributed by atoms with Crippen molar-refractivity contribution >= 4 is 29.1 Å². The number of ether oxygens (including phenoxy) is 1. The van der Waals surface area contributed by atoms with Gasteiger partial charge in [-0.15, -0.1) is 0 Å². The van der Waals surface area contributed by atoms with Crippen LogP contribution in [0.4, 0.5) is 5.69 Å². The lowest BCUT2D eigenvalue weighted by atomic mass is 10.1. The highest BCUT2D eigenvalue weighted by atomic mass is 35.5. The molecule has 2 rings (SSSR count). The smallest absolute Gasteiger partial charge is 0.269 e. The molecule has 25 heavy (non-hydrogen) atoms. The van der Waals surface area contributed by atoms with Gasteiger partial charge in [0.25, 0.3) is 11.8 Å². The lowest BCUT2D eigenvalue weighted by molar-refractivity contribution is 0.0943. The third kappa shape index (κ3) is 5.27. The number of benzene rings is 1. The number of pyridine rings is 1. The fourth-order valence-electron chi connectivity index (χ4n) is 2.14. The molecule has 0 atom stereocenters. The number of halogens is 1. The molecular weight excluding hydrogens is 342 g/mol.